The molecule has 0 radical (unpaired) electrons. The summed E-state index contributed by atoms with van der Waals surface area (Å²) < 4.78 is 1.21. The molecule has 1 aliphatic heterocycles. The van der Waals surface area contributed by atoms with E-state index in [1.54, 1.807) is 0 Å². The number of hydrogen-bond donors (Lipinski definition) is 1. The second-order valence-corrected chi connectivity index (χ2v) is 7.22. The van der Waals surface area contributed by atoms with Crippen molar-refractivity contribution in [2.24, 2.45) is 5.92 Å². The third kappa shape index (κ3) is 5.00. The van der Waals surface area contributed by atoms with E-state index >= 15 is 0 Å². The Balaban J connectivity index is 1.60. The van der Waals surface area contributed by atoms with E-state index in [1.807, 2.05) is 11.3 Å². The van der Waals surface area contributed by atoms with Crippen molar-refractivity contribution in [2.75, 3.05) is 26.7 Å². The van der Waals surface area contributed by atoms with Crippen LogP contribution in [0.15, 0.2) is 15.9 Å². The Labute approximate surface area is 123 Å². The fraction of sp³-hybridized carbons (Fsp3) is 0.714. The van der Waals surface area contributed by atoms with Gasteiger partial charge in [-0.25, -0.2) is 0 Å². The van der Waals surface area contributed by atoms with E-state index in [1.165, 1.54) is 54.7 Å². The van der Waals surface area contributed by atoms with Gasteiger partial charge in [-0.1, -0.05) is 0 Å². The molecule has 102 valence electrons. The van der Waals surface area contributed by atoms with Gasteiger partial charge in [-0.15, -0.1) is 11.3 Å². The van der Waals surface area contributed by atoms with Crippen LogP contribution in [0.3, 0.4) is 0 Å². The molecule has 1 aliphatic rings. The van der Waals surface area contributed by atoms with E-state index in [4.69, 9.17) is 0 Å². The van der Waals surface area contributed by atoms with Gasteiger partial charge in [-0.05, 0) is 80.3 Å². The molecule has 0 amide bonds. The Bertz CT molecular complexity index is 347. The van der Waals surface area contributed by atoms with Crippen molar-refractivity contribution in [1.29, 1.82) is 0 Å². The maximum atomic E-state index is 3.51. The third-order valence-electron chi connectivity index (χ3n) is 3.66. The zero-order chi connectivity index (χ0) is 12.8. The lowest BCUT2D eigenvalue weighted by Gasteiger charge is -2.23. The molecule has 0 atom stereocenters. The fourth-order valence-corrected chi connectivity index (χ4v) is 4.13. The van der Waals surface area contributed by atoms with Crippen molar-refractivity contribution in [3.05, 3.63) is 20.8 Å². The van der Waals surface area contributed by atoms with Crippen LogP contribution in [0.2, 0.25) is 0 Å². The van der Waals surface area contributed by atoms with Crippen LogP contribution in [0.4, 0.5) is 0 Å². The molecule has 2 rings (SSSR count). The smallest absolute Gasteiger partial charge is 0.0325 e. The van der Waals surface area contributed by atoms with E-state index in [-0.39, 0.29) is 0 Å². The number of nitrogens with zero attached hydrogens (tertiary/aromatic N) is 1. The molecule has 0 bridgehead atoms. The normalized spacial score (nSPS) is 17.5. The minimum atomic E-state index is 0.968. The van der Waals surface area contributed by atoms with Crippen molar-refractivity contribution in [3.63, 3.8) is 0 Å². The summed E-state index contributed by atoms with van der Waals surface area (Å²) in [5.41, 5.74) is 0. The Morgan fingerprint density at radius 2 is 2.22 bits per heavy atom. The molecular weight excluding hydrogens is 308 g/mol. The van der Waals surface area contributed by atoms with Gasteiger partial charge in [0.2, 0.25) is 0 Å². The van der Waals surface area contributed by atoms with Crippen LogP contribution < -0.4 is 5.32 Å². The molecule has 0 spiro atoms. The topological polar surface area (TPSA) is 15.3 Å². The van der Waals surface area contributed by atoms with Crippen LogP contribution in [-0.4, -0.2) is 31.6 Å². The summed E-state index contributed by atoms with van der Waals surface area (Å²) in [5, 5.41) is 5.60. The first-order chi connectivity index (χ1) is 8.74. The molecular formula is C14H23BrN2S. The monoisotopic (exact) mass is 330 g/mol. The van der Waals surface area contributed by atoms with E-state index in [0.29, 0.717) is 0 Å². The van der Waals surface area contributed by atoms with Gasteiger partial charge in [0.1, 0.15) is 0 Å². The predicted octanol–water partition coefficient (Wildman–Crippen LogP) is 3.72. The highest BCUT2D eigenvalue weighted by Crippen LogP contribution is 2.21. The summed E-state index contributed by atoms with van der Waals surface area (Å²) in [6, 6.07) is 2.23. The van der Waals surface area contributed by atoms with Gasteiger partial charge in [-0.2, -0.15) is 0 Å². The van der Waals surface area contributed by atoms with Gasteiger partial charge in [0.15, 0.2) is 0 Å². The fourth-order valence-electron chi connectivity index (χ4n) is 2.60. The zero-order valence-electron chi connectivity index (χ0n) is 11.1. The highest BCUT2D eigenvalue weighted by molar-refractivity contribution is 9.10. The lowest BCUT2D eigenvalue weighted by atomic mass is 9.93. The van der Waals surface area contributed by atoms with E-state index < -0.39 is 0 Å². The van der Waals surface area contributed by atoms with Crippen LogP contribution in [0.5, 0.6) is 0 Å². The van der Waals surface area contributed by atoms with Gasteiger partial charge in [0.05, 0.1) is 0 Å². The van der Waals surface area contributed by atoms with E-state index in [2.05, 4.69) is 44.6 Å². The Kier molecular flexibility index (Phi) is 6.15. The molecule has 1 N–H and O–H groups in total. The molecule has 1 saturated heterocycles. The zero-order valence-corrected chi connectivity index (χ0v) is 13.5. The summed E-state index contributed by atoms with van der Waals surface area (Å²) in [7, 11) is 2.23. The Morgan fingerprint density at radius 1 is 1.44 bits per heavy atom. The summed E-state index contributed by atoms with van der Waals surface area (Å²) >= 11 is 5.36. The molecule has 1 aromatic heterocycles. The molecule has 0 saturated carbocycles. The van der Waals surface area contributed by atoms with Crippen molar-refractivity contribution in [1.82, 2.24) is 10.2 Å². The predicted molar refractivity (Wildman–Crippen MR) is 83.2 cm³/mol. The van der Waals surface area contributed by atoms with Gasteiger partial charge in [0.25, 0.3) is 0 Å². The summed E-state index contributed by atoms with van der Waals surface area (Å²) in [6.07, 6.45) is 5.50. The highest BCUT2D eigenvalue weighted by atomic mass is 79.9. The number of nitrogens with one attached hydrogen (secondary N) is 1. The highest BCUT2D eigenvalue weighted by Gasteiger charge is 2.12. The van der Waals surface area contributed by atoms with Crippen molar-refractivity contribution < 1.29 is 0 Å². The van der Waals surface area contributed by atoms with E-state index in [0.717, 1.165) is 12.5 Å². The Hall–Kier alpha value is 0.1000. The van der Waals surface area contributed by atoms with E-state index in [9.17, 15) is 0 Å². The quantitative estimate of drug-likeness (QED) is 0.855. The number of piperidine rings is 1. The molecule has 1 aromatic rings. The first-order valence-electron chi connectivity index (χ1n) is 6.86. The molecule has 0 aromatic carbocycles. The van der Waals surface area contributed by atoms with Crippen LogP contribution in [0, 0.1) is 5.92 Å². The van der Waals surface area contributed by atoms with Crippen LogP contribution in [-0.2, 0) is 6.54 Å². The summed E-state index contributed by atoms with van der Waals surface area (Å²) in [4.78, 5) is 3.89. The standard InChI is InChI=1S/C14H23BrN2S/c1-17(10-14-9-13(15)11-18-14)8-2-3-12-4-6-16-7-5-12/h9,11-12,16H,2-8,10H2,1H3. The first-order valence-corrected chi connectivity index (χ1v) is 8.53. The maximum absolute atomic E-state index is 3.51. The minimum Gasteiger partial charge on any atom is -0.317 e. The average molecular weight is 331 g/mol. The lowest BCUT2D eigenvalue weighted by molar-refractivity contribution is 0.287. The number of rotatable bonds is 6. The van der Waals surface area contributed by atoms with Gasteiger partial charge < -0.3 is 10.2 Å². The third-order valence-corrected chi connectivity index (χ3v) is 5.34. The molecule has 2 nitrogen and oxygen atoms in total. The molecule has 0 aliphatic carbocycles. The number of hydrogen-bond acceptors (Lipinski definition) is 3. The van der Waals surface area contributed by atoms with Crippen LogP contribution >= 0.6 is 27.3 Å². The van der Waals surface area contributed by atoms with Gasteiger partial charge >= 0.3 is 0 Å². The molecule has 18 heavy (non-hydrogen) atoms. The van der Waals surface area contributed by atoms with Crippen molar-refractivity contribution in [3.8, 4) is 0 Å². The summed E-state index contributed by atoms with van der Waals surface area (Å²) in [6.45, 7) is 4.76. The lowest BCUT2D eigenvalue weighted by Crippen LogP contribution is -2.28. The summed E-state index contributed by atoms with van der Waals surface area (Å²) in [5.74, 6) is 0.968. The molecule has 1 fully saturated rings. The molecule has 2 heterocycles. The van der Waals surface area contributed by atoms with Gasteiger partial charge in [0, 0.05) is 21.3 Å². The average Bonchev–Trinajstić information content (AvgIpc) is 2.76. The first kappa shape index (κ1) is 14.5. The largest absolute Gasteiger partial charge is 0.317 e. The second-order valence-electron chi connectivity index (χ2n) is 5.30. The second kappa shape index (κ2) is 7.63. The maximum Gasteiger partial charge on any atom is 0.0325 e. The molecule has 0 unspecified atom stereocenters. The van der Waals surface area contributed by atoms with Crippen LogP contribution in [0.1, 0.15) is 30.6 Å². The number of thiophene rings is 1. The van der Waals surface area contributed by atoms with Gasteiger partial charge in [-0.3, -0.25) is 0 Å². The Morgan fingerprint density at radius 3 is 2.89 bits per heavy atom. The minimum absolute atomic E-state index is 0.968. The van der Waals surface area contributed by atoms with Crippen LogP contribution in [0.25, 0.3) is 0 Å². The number of halogens is 1. The molecule has 4 heteroatoms. The van der Waals surface area contributed by atoms with Crippen molar-refractivity contribution >= 4 is 27.3 Å². The SMILES string of the molecule is CN(CCCC1CCNCC1)Cc1cc(Br)cs1. The van der Waals surface area contributed by atoms with Crippen molar-refractivity contribution in [2.45, 2.75) is 32.2 Å².